The maximum atomic E-state index is 13.0. The molecule has 0 fully saturated rings. The molecule has 0 atom stereocenters. The zero-order valence-corrected chi connectivity index (χ0v) is 13.5. The van der Waals surface area contributed by atoms with E-state index in [1.807, 2.05) is 0 Å². The smallest absolute Gasteiger partial charge is 0.428 e. The molecule has 1 aromatic carbocycles. The van der Waals surface area contributed by atoms with Crippen LogP contribution in [0.3, 0.4) is 0 Å². The minimum atomic E-state index is -4.57. The van der Waals surface area contributed by atoms with E-state index in [1.165, 1.54) is 12.1 Å². The third kappa shape index (κ3) is 4.32. The molecule has 1 heterocycles. The van der Waals surface area contributed by atoms with E-state index in [1.54, 1.807) is 17.7 Å². The number of ether oxygens (including phenoxy) is 2. The van der Waals surface area contributed by atoms with Gasteiger partial charge in [-0.2, -0.15) is 22.7 Å². The average molecular weight is 365 g/mol. The molecule has 132 valence electrons. The molecule has 24 heavy (non-hydrogen) atoms. The molecule has 0 amide bonds. The van der Waals surface area contributed by atoms with Crippen LogP contribution in [0.25, 0.3) is 11.4 Å². The molecule has 1 N–H and O–H groups in total. The van der Waals surface area contributed by atoms with Crippen LogP contribution in [0.5, 0.6) is 5.75 Å². The van der Waals surface area contributed by atoms with Crippen molar-refractivity contribution in [3.05, 3.63) is 29.0 Å². The summed E-state index contributed by atoms with van der Waals surface area (Å²) in [6, 6.07) is 5.36. The number of nitrogens with zero attached hydrogens (tertiary/aromatic N) is 2. The molecular formula is C14H15F4N3O2S. The fraction of sp³-hybridized carbons (Fsp3) is 0.429. The Morgan fingerprint density at radius 2 is 2.12 bits per heavy atom. The largest absolute Gasteiger partial charge is 0.461 e. The van der Waals surface area contributed by atoms with Crippen LogP contribution in [0, 0.1) is 4.77 Å². The Labute approximate surface area is 140 Å². The van der Waals surface area contributed by atoms with Gasteiger partial charge in [-0.05, 0) is 30.8 Å². The van der Waals surface area contributed by atoms with Gasteiger partial charge in [0.2, 0.25) is 0 Å². The third-order valence-electron chi connectivity index (χ3n) is 3.09. The van der Waals surface area contributed by atoms with E-state index in [4.69, 9.17) is 17.0 Å². The number of aromatic amines is 1. The van der Waals surface area contributed by atoms with Gasteiger partial charge in [0.25, 0.3) is 0 Å². The molecule has 0 aliphatic heterocycles. The number of nitrogens with one attached hydrogen (secondary N) is 1. The number of alkyl halides is 4. The van der Waals surface area contributed by atoms with Gasteiger partial charge in [0.05, 0.1) is 0 Å². The summed E-state index contributed by atoms with van der Waals surface area (Å²) in [6.45, 7) is 1.01. The van der Waals surface area contributed by atoms with Crippen LogP contribution in [-0.4, -0.2) is 41.0 Å². The summed E-state index contributed by atoms with van der Waals surface area (Å²) in [7, 11) is 1.57. The highest BCUT2D eigenvalue weighted by Gasteiger charge is 2.44. The van der Waals surface area contributed by atoms with Crippen molar-refractivity contribution in [1.82, 2.24) is 14.8 Å². The number of H-pyrrole nitrogens is 1. The molecule has 0 saturated carbocycles. The lowest BCUT2D eigenvalue weighted by molar-refractivity contribution is -0.253. The molecule has 0 radical (unpaired) electrons. The summed E-state index contributed by atoms with van der Waals surface area (Å²) in [5.74, 6) is -0.00271. The lowest BCUT2D eigenvalue weighted by Gasteiger charge is -2.17. The summed E-state index contributed by atoms with van der Waals surface area (Å²) >= 11 is 5.13. The second-order valence-electron chi connectivity index (χ2n) is 4.84. The summed E-state index contributed by atoms with van der Waals surface area (Å²) in [4.78, 5) is 0. The highest BCUT2D eigenvalue weighted by Crippen LogP contribution is 2.30. The lowest BCUT2D eigenvalue weighted by atomic mass is 10.2. The van der Waals surface area contributed by atoms with Crippen molar-refractivity contribution >= 4 is 12.2 Å². The quantitative estimate of drug-likeness (QED) is 0.438. The number of aromatic nitrogens is 3. The Hall–Kier alpha value is -1.94. The van der Waals surface area contributed by atoms with Gasteiger partial charge in [0.15, 0.2) is 10.6 Å². The highest BCUT2D eigenvalue weighted by atomic mass is 32.1. The maximum Gasteiger partial charge on any atom is 0.461 e. The molecule has 0 saturated heterocycles. The van der Waals surface area contributed by atoms with Crippen molar-refractivity contribution in [2.75, 3.05) is 13.7 Å². The Kier molecular flexibility index (Phi) is 5.94. The minimum Gasteiger partial charge on any atom is -0.428 e. The van der Waals surface area contributed by atoms with E-state index in [0.717, 1.165) is 6.07 Å². The third-order valence-corrected chi connectivity index (χ3v) is 3.40. The molecule has 1 aromatic heterocycles. The van der Waals surface area contributed by atoms with Crippen LogP contribution < -0.4 is 4.74 Å². The second-order valence-corrected chi connectivity index (χ2v) is 5.23. The molecule has 10 heteroatoms. The second kappa shape index (κ2) is 7.75. The van der Waals surface area contributed by atoms with Crippen LogP contribution in [0.4, 0.5) is 17.6 Å². The van der Waals surface area contributed by atoms with E-state index in [2.05, 4.69) is 14.9 Å². The molecule has 0 aliphatic rings. The van der Waals surface area contributed by atoms with Crippen LogP contribution >= 0.6 is 12.2 Å². The summed E-state index contributed by atoms with van der Waals surface area (Å²) in [5, 5.41) is 6.67. The zero-order chi connectivity index (χ0) is 17.7. The van der Waals surface area contributed by atoms with Gasteiger partial charge in [0.1, 0.15) is 5.75 Å². The summed E-state index contributed by atoms with van der Waals surface area (Å²) < 4.78 is 61.6. The first-order valence-electron chi connectivity index (χ1n) is 6.94. The van der Waals surface area contributed by atoms with Gasteiger partial charge in [-0.3, -0.25) is 5.10 Å². The monoisotopic (exact) mass is 365 g/mol. The standard InChI is InChI=1S/C14H15F4N3O2S/c1-22-7-3-6-21-11(19-20-13(21)24)9-4-2-5-10(8-9)23-14(17,18)12(15)16/h2,4-5,8,12H,3,6-7H2,1H3,(H,20,24). The first kappa shape index (κ1) is 18.4. The fourth-order valence-electron chi connectivity index (χ4n) is 2.01. The Balaban J connectivity index is 2.27. The number of hydrogen-bond donors (Lipinski definition) is 1. The van der Waals surface area contributed by atoms with Crippen molar-refractivity contribution in [2.45, 2.75) is 25.5 Å². The molecular weight excluding hydrogens is 350 g/mol. The predicted octanol–water partition coefficient (Wildman–Crippen LogP) is 3.88. The van der Waals surface area contributed by atoms with Gasteiger partial charge < -0.3 is 14.0 Å². The molecule has 0 bridgehead atoms. The molecule has 0 unspecified atom stereocenters. The number of methoxy groups -OCH3 is 1. The van der Waals surface area contributed by atoms with Crippen LogP contribution in [0.1, 0.15) is 6.42 Å². The molecule has 0 spiro atoms. The number of halogens is 4. The summed E-state index contributed by atoms with van der Waals surface area (Å²) in [5.41, 5.74) is 0.405. The predicted molar refractivity (Wildman–Crippen MR) is 80.9 cm³/mol. The van der Waals surface area contributed by atoms with E-state index >= 15 is 0 Å². The van der Waals surface area contributed by atoms with Gasteiger partial charge in [-0.15, -0.1) is 0 Å². The highest BCUT2D eigenvalue weighted by molar-refractivity contribution is 7.71. The minimum absolute atomic E-state index is 0.352. The van der Waals surface area contributed by atoms with Crippen LogP contribution in [0.15, 0.2) is 24.3 Å². The van der Waals surface area contributed by atoms with Gasteiger partial charge in [-0.25, -0.2) is 0 Å². The molecule has 2 aromatic rings. The Morgan fingerprint density at radius 3 is 2.79 bits per heavy atom. The number of benzene rings is 1. The van der Waals surface area contributed by atoms with E-state index < -0.39 is 18.3 Å². The normalized spacial score (nSPS) is 11.9. The molecule has 5 nitrogen and oxygen atoms in total. The first-order valence-corrected chi connectivity index (χ1v) is 7.35. The van der Waals surface area contributed by atoms with Gasteiger partial charge >= 0.3 is 12.5 Å². The van der Waals surface area contributed by atoms with E-state index in [0.29, 0.717) is 35.7 Å². The SMILES string of the molecule is COCCCn1c(-c2cccc(OC(F)(F)C(F)F)c2)n[nH]c1=S. The average Bonchev–Trinajstić information content (AvgIpc) is 2.88. The van der Waals surface area contributed by atoms with Gasteiger partial charge in [0, 0.05) is 25.8 Å². The van der Waals surface area contributed by atoms with Crippen molar-refractivity contribution in [2.24, 2.45) is 0 Å². The number of rotatable bonds is 8. The van der Waals surface area contributed by atoms with Crippen LogP contribution in [0.2, 0.25) is 0 Å². The Morgan fingerprint density at radius 1 is 1.38 bits per heavy atom. The van der Waals surface area contributed by atoms with Crippen molar-refractivity contribution in [3.63, 3.8) is 0 Å². The lowest BCUT2D eigenvalue weighted by Crippen LogP contribution is -2.33. The van der Waals surface area contributed by atoms with Crippen LogP contribution in [-0.2, 0) is 11.3 Å². The van der Waals surface area contributed by atoms with Crippen molar-refractivity contribution in [3.8, 4) is 17.1 Å². The molecule has 0 aliphatic carbocycles. The summed E-state index contributed by atoms with van der Waals surface area (Å²) in [6.07, 6.45) is -7.83. The van der Waals surface area contributed by atoms with Crippen molar-refractivity contribution < 1.29 is 27.0 Å². The maximum absolute atomic E-state index is 13.0. The van der Waals surface area contributed by atoms with Gasteiger partial charge in [-0.1, -0.05) is 12.1 Å². The first-order chi connectivity index (χ1) is 11.3. The Bertz CT molecular complexity index is 733. The number of hydrogen-bond acceptors (Lipinski definition) is 4. The zero-order valence-electron chi connectivity index (χ0n) is 12.6. The van der Waals surface area contributed by atoms with Crippen molar-refractivity contribution in [1.29, 1.82) is 0 Å². The van der Waals surface area contributed by atoms with E-state index in [-0.39, 0.29) is 0 Å². The van der Waals surface area contributed by atoms with E-state index in [9.17, 15) is 17.6 Å². The molecule has 2 rings (SSSR count). The fourth-order valence-corrected chi connectivity index (χ4v) is 2.24. The topological polar surface area (TPSA) is 52.1 Å².